The summed E-state index contributed by atoms with van der Waals surface area (Å²) in [5.74, 6) is 6.77. The lowest BCUT2D eigenvalue weighted by molar-refractivity contribution is 0.549. The molecule has 2 atom stereocenters. The van der Waals surface area contributed by atoms with Gasteiger partial charge in [0.05, 0.1) is 33.9 Å². The second-order valence-electron chi connectivity index (χ2n) is 9.00. The lowest BCUT2D eigenvalue weighted by Gasteiger charge is -2.21. The van der Waals surface area contributed by atoms with Crippen molar-refractivity contribution >= 4 is 45.4 Å². The van der Waals surface area contributed by atoms with Crippen LogP contribution >= 0.6 is 11.6 Å². The van der Waals surface area contributed by atoms with Gasteiger partial charge in [0.2, 0.25) is 11.3 Å². The Balaban J connectivity index is 1.59. The largest absolute Gasteiger partial charge is 0.382 e. The van der Waals surface area contributed by atoms with Gasteiger partial charge in [-0.2, -0.15) is 0 Å². The van der Waals surface area contributed by atoms with Crippen LogP contribution in [0.5, 0.6) is 0 Å². The van der Waals surface area contributed by atoms with Crippen LogP contribution in [-0.4, -0.2) is 44.8 Å². The molecule has 12 nitrogen and oxygen atoms in total. The summed E-state index contributed by atoms with van der Waals surface area (Å²) in [6, 6.07) is 11.8. The summed E-state index contributed by atoms with van der Waals surface area (Å²) < 4.78 is 24.0. The minimum Gasteiger partial charge on any atom is -0.382 e. The van der Waals surface area contributed by atoms with Crippen molar-refractivity contribution in [3.05, 3.63) is 105 Å². The first-order chi connectivity index (χ1) is 20.3. The molecule has 212 valence electrons. The molecule has 0 spiro atoms. The highest BCUT2D eigenvalue weighted by Gasteiger charge is 2.21. The molecule has 2 unspecified atom stereocenters. The highest BCUT2D eigenvalue weighted by molar-refractivity contribution is 7.77. The third-order valence-electron chi connectivity index (χ3n) is 6.18. The fourth-order valence-electron chi connectivity index (χ4n) is 4.27. The third kappa shape index (κ3) is 6.42. The fourth-order valence-corrected chi connectivity index (χ4v) is 4.80. The number of halogens is 1. The zero-order chi connectivity index (χ0) is 29.6. The van der Waals surface area contributed by atoms with Crippen LogP contribution in [0.1, 0.15) is 35.6 Å². The minimum atomic E-state index is -2.12. The molecule has 3 aromatic heterocycles. The highest BCUT2D eigenvalue weighted by Crippen LogP contribution is 2.26. The Morgan fingerprint density at radius 3 is 2.76 bits per heavy atom. The first-order valence-corrected chi connectivity index (χ1v) is 14.1. The number of benzene rings is 2. The normalized spacial score (nSPS) is 12.4. The molecular weight excluding hydrogens is 578 g/mol. The van der Waals surface area contributed by atoms with Crippen LogP contribution in [0.2, 0.25) is 5.02 Å². The third-order valence-corrected chi connectivity index (χ3v) is 6.94. The van der Waals surface area contributed by atoms with Gasteiger partial charge in [0.1, 0.15) is 35.0 Å². The summed E-state index contributed by atoms with van der Waals surface area (Å²) in [6.07, 6.45) is 6.38. The second-order valence-corrected chi connectivity index (χ2v) is 10.2. The van der Waals surface area contributed by atoms with E-state index in [1.807, 2.05) is 19.1 Å². The van der Waals surface area contributed by atoms with Crippen LogP contribution in [0.4, 0.5) is 11.6 Å². The molecule has 0 fully saturated rings. The fraction of sp³-hybridized carbons (Fsp3) is 0.143. The Bertz CT molecular complexity index is 1910. The van der Waals surface area contributed by atoms with Crippen molar-refractivity contribution < 1.29 is 8.76 Å². The molecule has 42 heavy (non-hydrogen) atoms. The minimum absolute atomic E-state index is 0.164. The van der Waals surface area contributed by atoms with Crippen molar-refractivity contribution in [2.24, 2.45) is 0 Å². The average Bonchev–Trinajstić information content (AvgIpc) is 2.97. The maximum Gasteiger partial charge on any atom is 0.267 e. The Kier molecular flexibility index (Phi) is 8.80. The predicted molar refractivity (Wildman–Crippen MR) is 161 cm³/mol. The molecule has 2 aromatic carbocycles. The molecule has 0 aliphatic heterocycles. The highest BCUT2D eigenvalue weighted by atomic mass is 35.5. The number of nitrogens with two attached hydrogens (primary N) is 1. The van der Waals surface area contributed by atoms with Crippen LogP contribution in [0.3, 0.4) is 0 Å². The molecule has 0 amide bonds. The van der Waals surface area contributed by atoms with Gasteiger partial charge in [-0.25, -0.2) is 28.9 Å². The van der Waals surface area contributed by atoms with E-state index in [4.69, 9.17) is 26.9 Å². The van der Waals surface area contributed by atoms with Crippen molar-refractivity contribution in [2.75, 3.05) is 17.6 Å². The Labute approximate surface area is 247 Å². The molecule has 5 aromatic rings. The number of hydrogen-bond donors (Lipinski definition) is 4. The summed E-state index contributed by atoms with van der Waals surface area (Å²) >= 11 is 4.33. The van der Waals surface area contributed by atoms with Gasteiger partial charge in [-0.1, -0.05) is 35.7 Å². The number of nitrogens with zero attached hydrogens (tertiary/aromatic N) is 6. The smallest absolute Gasteiger partial charge is 0.267 e. The van der Waals surface area contributed by atoms with Crippen molar-refractivity contribution in [3.8, 4) is 17.5 Å². The Hall–Kier alpha value is -4.74. The van der Waals surface area contributed by atoms with Crippen molar-refractivity contribution in [2.45, 2.75) is 19.4 Å². The van der Waals surface area contributed by atoms with Gasteiger partial charge in [-0.05, 0) is 49.1 Å². The topological polar surface area (TPSA) is 174 Å². The molecule has 5 N–H and O–H groups in total. The van der Waals surface area contributed by atoms with Crippen LogP contribution in [0.15, 0.2) is 72.2 Å². The number of aromatic nitrogens is 6. The predicted octanol–water partition coefficient (Wildman–Crippen LogP) is 3.04. The van der Waals surface area contributed by atoms with E-state index < -0.39 is 17.3 Å². The van der Waals surface area contributed by atoms with E-state index in [-0.39, 0.29) is 28.3 Å². The Morgan fingerprint density at radius 1 is 1.14 bits per heavy atom. The average molecular weight is 602 g/mol. The Morgan fingerprint density at radius 2 is 1.98 bits per heavy atom. The van der Waals surface area contributed by atoms with Gasteiger partial charge < -0.3 is 11.1 Å². The lowest BCUT2D eigenvalue weighted by atomic mass is 10.1. The molecule has 0 radical (unpaired) electrons. The van der Waals surface area contributed by atoms with Crippen molar-refractivity contribution in [3.63, 3.8) is 0 Å². The van der Waals surface area contributed by atoms with Gasteiger partial charge in [0.25, 0.3) is 5.56 Å². The number of anilines is 2. The number of fused-ring (bicyclic) bond motifs is 1. The number of rotatable bonds is 8. The number of nitrogen functional groups attached to an aromatic ring is 1. The van der Waals surface area contributed by atoms with E-state index in [2.05, 4.69) is 41.8 Å². The summed E-state index contributed by atoms with van der Waals surface area (Å²) in [7, 11) is 0. The van der Waals surface area contributed by atoms with Gasteiger partial charge in [0.15, 0.2) is 0 Å². The second kappa shape index (κ2) is 12.8. The first-order valence-electron chi connectivity index (χ1n) is 12.6. The number of nitrogens with one attached hydrogen (secondary N) is 2. The molecule has 14 heteroatoms. The summed E-state index contributed by atoms with van der Waals surface area (Å²) in [5.41, 5.74) is 8.42. The van der Waals surface area contributed by atoms with Gasteiger partial charge >= 0.3 is 0 Å². The van der Waals surface area contributed by atoms with Crippen LogP contribution in [0, 0.1) is 11.8 Å². The summed E-state index contributed by atoms with van der Waals surface area (Å²) in [4.78, 5) is 35.4. The molecule has 0 saturated heterocycles. The quantitative estimate of drug-likeness (QED) is 0.153. The molecule has 5 rings (SSSR count). The summed E-state index contributed by atoms with van der Waals surface area (Å²) in [5, 5.41) is 3.84. The molecule has 0 bridgehead atoms. The monoisotopic (exact) mass is 601 g/mol. The first kappa shape index (κ1) is 28.8. The lowest BCUT2D eigenvalue weighted by Crippen LogP contribution is -2.28. The van der Waals surface area contributed by atoms with Crippen LogP contribution in [0.25, 0.3) is 16.6 Å². The maximum absolute atomic E-state index is 14.0. The number of hydrogen-bond acceptors (Lipinski definition) is 9. The molecule has 0 aliphatic carbocycles. The van der Waals surface area contributed by atoms with E-state index >= 15 is 0 Å². The molecule has 0 saturated carbocycles. The summed E-state index contributed by atoms with van der Waals surface area (Å²) in [6.45, 7) is 2.10. The zero-order valence-corrected chi connectivity index (χ0v) is 23.7. The van der Waals surface area contributed by atoms with E-state index in [1.165, 1.54) is 23.3 Å². The molecular formula is C28H24ClN9O3S. The van der Waals surface area contributed by atoms with E-state index in [9.17, 15) is 9.00 Å². The van der Waals surface area contributed by atoms with Crippen molar-refractivity contribution in [1.29, 1.82) is 0 Å². The van der Waals surface area contributed by atoms with Gasteiger partial charge in [-0.15, -0.1) is 0 Å². The van der Waals surface area contributed by atoms with Gasteiger partial charge in [0, 0.05) is 18.9 Å². The van der Waals surface area contributed by atoms with Crippen LogP contribution in [-0.2, 0) is 17.7 Å². The van der Waals surface area contributed by atoms with E-state index in [0.29, 0.717) is 40.5 Å². The molecule has 3 heterocycles. The van der Waals surface area contributed by atoms with E-state index in [1.54, 1.807) is 36.5 Å². The maximum atomic E-state index is 14.0. The molecule has 0 aliphatic rings. The van der Waals surface area contributed by atoms with Gasteiger partial charge in [-0.3, -0.25) is 18.9 Å². The SMILES string of the molecule is CC(Nc1ncnc(N)c1C#Cc1cnccn1)c1nc2cccc(Cl)c2c(=O)n1-c1cccc(CCNS(=O)O)c1. The van der Waals surface area contributed by atoms with Crippen molar-refractivity contribution in [1.82, 2.24) is 34.2 Å². The standard InChI is InChI=1S/C28H24ClN9O3S/c1-17(36-26-21(25(30)33-16-34-26)9-8-19-15-31-12-13-32-19)27-37-23-7-3-6-22(29)24(23)28(39)38(27)20-5-2-4-18(14-20)10-11-35-42(40)41/h2-7,12-17,35H,10-11H2,1H3,(H,40,41)(H3,30,33,34,36). The van der Waals surface area contributed by atoms with E-state index in [0.717, 1.165) is 5.56 Å². The van der Waals surface area contributed by atoms with Crippen LogP contribution < -0.4 is 21.3 Å². The zero-order valence-electron chi connectivity index (χ0n) is 22.2.